The van der Waals surface area contributed by atoms with E-state index in [0.29, 0.717) is 18.4 Å². The molecule has 0 amide bonds. The van der Waals surface area contributed by atoms with Crippen molar-refractivity contribution in [2.24, 2.45) is 0 Å². The van der Waals surface area contributed by atoms with Crippen molar-refractivity contribution in [3.8, 4) is 5.75 Å². The average molecular weight is 226 g/mol. The topological polar surface area (TPSA) is 38.7 Å². The van der Waals surface area contributed by atoms with Crippen LogP contribution in [0.5, 0.6) is 5.75 Å². The van der Waals surface area contributed by atoms with E-state index >= 15 is 0 Å². The lowest BCUT2D eigenvalue weighted by Gasteiger charge is -2.43. The molecule has 2 rings (SSSR count). The molecule has 1 aliphatic rings. The summed E-state index contributed by atoms with van der Waals surface area (Å²) in [5, 5.41) is 10.2. The zero-order valence-electron chi connectivity index (χ0n) is 9.37. The van der Waals surface area contributed by atoms with Gasteiger partial charge in [0, 0.05) is 20.0 Å². The molecule has 0 aliphatic heterocycles. The molecule has 3 nitrogen and oxygen atoms in total. The Hall–Kier alpha value is -1.13. The summed E-state index contributed by atoms with van der Waals surface area (Å²) in [7, 11) is 3.02. The number of methoxy groups -OCH3 is 2. The first-order valence-corrected chi connectivity index (χ1v) is 5.18. The molecular formula is C12H15FO3. The van der Waals surface area contributed by atoms with Crippen LogP contribution in [0.3, 0.4) is 0 Å². The molecule has 0 bridgehead atoms. The summed E-state index contributed by atoms with van der Waals surface area (Å²) < 4.78 is 23.4. The Morgan fingerprint density at radius 3 is 2.56 bits per heavy atom. The lowest BCUT2D eigenvalue weighted by molar-refractivity contribution is -0.133. The van der Waals surface area contributed by atoms with E-state index in [1.165, 1.54) is 19.2 Å². The number of halogens is 1. The summed E-state index contributed by atoms with van der Waals surface area (Å²) in [6, 6.07) is 4.54. The van der Waals surface area contributed by atoms with Crippen molar-refractivity contribution >= 4 is 0 Å². The SMILES string of the molecule is COc1ccc(C2(O)CC(OC)C2)cc1F. The molecule has 88 valence electrons. The van der Waals surface area contributed by atoms with Crippen LogP contribution < -0.4 is 4.74 Å². The number of ether oxygens (including phenoxy) is 2. The normalized spacial score (nSPS) is 28.6. The molecule has 16 heavy (non-hydrogen) atoms. The highest BCUT2D eigenvalue weighted by Crippen LogP contribution is 2.43. The van der Waals surface area contributed by atoms with Crippen LogP contribution in [0.15, 0.2) is 18.2 Å². The number of hydrogen-bond acceptors (Lipinski definition) is 3. The van der Waals surface area contributed by atoms with Crippen LogP contribution in [0.4, 0.5) is 4.39 Å². The Morgan fingerprint density at radius 1 is 1.38 bits per heavy atom. The van der Waals surface area contributed by atoms with Gasteiger partial charge in [-0.2, -0.15) is 0 Å². The largest absolute Gasteiger partial charge is 0.494 e. The second-order valence-corrected chi connectivity index (χ2v) is 4.15. The Balaban J connectivity index is 2.19. The molecule has 1 aromatic carbocycles. The third-order valence-electron chi connectivity index (χ3n) is 3.15. The van der Waals surface area contributed by atoms with Crippen molar-refractivity contribution < 1.29 is 19.0 Å². The predicted molar refractivity (Wildman–Crippen MR) is 56.9 cm³/mol. The Labute approximate surface area is 93.8 Å². The molecule has 0 heterocycles. The van der Waals surface area contributed by atoms with Gasteiger partial charge in [-0.1, -0.05) is 6.07 Å². The lowest BCUT2D eigenvalue weighted by atomic mass is 9.73. The third kappa shape index (κ3) is 1.79. The van der Waals surface area contributed by atoms with Crippen molar-refractivity contribution in [2.75, 3.05) is 14.2 Å². The highest BCUT2D eigenvalue weighted by molar-refractivity contribution is 5.34. The highest BCUT2D eigenvalue weighted by atomic mass is 19.1. The minimum Gasteiger partial charge on any atom is -0.494 e. The van der Waals surface area contributed by atoms with Crippen LogP contribution in [0.2, 0.25) is 0 Å². The Kier molecular flexibility index (Phi) is 2.86. The lowest BCUT2D eigenvalue weighted by Crippen LogP contribution is -2.45. The van der Waals surface area contributed by atoms with E-state index in [1.807, 2.05) is 0 Å². The van der Waals surface area contributed by atoms with Gasteiger partial charge >= 0.3 is 0 Å². The molecular weight excluding hydrogens is 211 g/mol. The number of aliphatic hydroxyl groups is 1. The molecule has 0 radical (unpaired) electrons. The molecule has 0 spiro atoms. The van der Waals surface area contributed by atoms with Crippen LogP contribution in [0.1, 0.15) is 18.4 Å². The van der Waals surface area contributed by atoms with Gasteiger partial charge in [-0.25, -0.2) is 4.39 Å². The second kappa shape index (κ2) is 4.03. The smallest absolute Gasteiger partial charge is 0.165 e. The molecule has 0 atom stereocenters. The van der Waals surface area contributed by atoms with Gasteiger partial charge in [0.25, 0.3) is 0 Å². The van der Waals surface area contributed by atoms with E-state index in [2.05, 4.69) is 0 Å². The molecule has 0 unspecified atom stereocenters. The highest BCUT2D eigenvalue weighted by Gasteiger charge is 2.44. The van der Waals surface area contributed by atoms with Gasteiger partial charge in [-0.15, -0.1) is 0 Å². The van der Waals surface area contributed by atoms with Crippen molar-refractivity contribution in [1.29, 1.82) is 0 Å². The second-order valence-electron chi connectivity index (χ2n) is 4.15. The molecule has 1 aromatic rings. The maximum atomic E-state index is 13.5. The first kappa shape index (κ1) is 11.4. The van der Waals surface area contributed by atoms with Crippen molar-refractivity contribution in [3.63, 3.8) is 0 Å². The molecule has 0 saturated heterocycles. The van der Waals surface area contributed by atoms with Gasteiger partial charge in [0.15, 0.2) is 11.6 Å². The van der Waals surface area contributed by atoms with Gasteiger partial charge in [0.1, 0.15) is 0 Å². The molecule has 1 N–H and O–H groups in total. The van der Waals surface area contributed by atoms with Crippen molar-refractivity contribution in [2.45, 2.75) is 24.5 Å². The fourth-order valence-corrected chi connectivity index (χ4v) is 2.05. The Morgan fingerprint density at radius 2 is 2.06 bits per heavy atom. The fraction of sp³-hybridized carbons (Fsp3) is 0.500. The summed E-state index contributed by atoms with van der Waals surface area (Å²) in [6.07, 6.45) is 1.08. The van der Waals surface area contributed by atoms with E-state index < -0.39 is 11.4 Å². The molecule has 1 aliphatic carbocycles. The summed E-state index contributed by atoms with van der Waals surface area (Å²) >= 11 is 0. The van der Waals surface area contributed by atoms with Crippen LogP contribution in [0, 0.1) is 5.82 Å². The molecule has 4 heteroatoms. The Bertz CT molecular complexity index is 386. The summed E-state index contributed by atoms with van der Waals surface area (Å²) in [5.41, 5.74) is -0.368. The fourth-order valence-electron chi connectivity index (χ4n) is 2.05. The monoisotopic (exact) mass is 226 g/mol. The number of benzene rings is 1. The zero-order valence-corrected chi connectivity index (χ0v) is 9.37. The summed E-state index contributed by atoms with van der Waals surface area (Å²) in [5.74, 6) is -0.260. The molecule has 1 fully saturated rings. The zero-order chi connectivity index (χ0) is 11.8. The molecule has 0 aromatic heterocycles. The number of hydrogen-bond donors (Lipinski definition) is 1. The van der Waals surface area contributed by atoms with E-state index in [4.69, 9.17) is 9.47 Å². The minimum atomic E-state index is -0.951. The predicted octanol–water partition coefficient (Wildman–Crippen LogP) is 1.83. The van der Waals surface area contributed by atoms with Crippen molar-refractivity contribution in [3.05, 3.63) is 29.6 Å². The van der Waals surface area contributed by atoms with Gasteiger partial charge in [0.2, 0.25) is 0 Å². The van der Waals surface area contributed by atoms with Gasteiger partial charge in [-0.05, 0) is 17.7 Å². The van der Waals surface area contributed by atoms with Gasteiger partial charge in [0.05, 0.1) is 18.8 Å². The van der Waals surface area contributed by atoms with E-state index in [1.54, 1.807) is 13.2 Å². The first-order chi connectivity index (χ1) is 7.59. The summed E-state index contributed by atoms with van der Waals surface area (Å²) in [4.78, 5) is 0. The maximum Gasteiger partial charge on any atom is 0.165 e. The van der Waals surface area contributed by atoms with Gasteiger partial charge in [-0.3, -0.25) is 0 Å². The standard InChI is InChI=1S/C12H15FO3/c1-15-9-6-12(14,7-9)8-3-4-11(16-2)10(13)5-8/h3-5,9,14H,6-7H2,1-2H3. The first-order valence-electron chi connectivity index (χ1n) is 5.18. The van der Waals surface area contributed by atoms with E-state index in [0.717, 1.165) is 0 Å². The van der Waals surface area contributed by atoms with Crippen LogP contribution >= 0.6 is 0 Å². The average Bonchev–Trinajstić information content (AvgIpc) is 2.24. The maximum absolute atomic E-state index is 13.5. The van der Waals surface area contributed by atoms with Crippen LogP contribution in [-0.4, -0.2) is 25.4 Å². The summed E-state index contributed by atoms with van der Waals surface area (Å²) in [6.45, 7) is 0. The van der Waals surface area contributed by atoms with Crippen LogP contribution in [0.25, 0.3) is 0 Å². The number of rotatable bonds is 3. The van der Waals surface area contributed by atoms with Crippen molar-refractivity contribution in [1.82, 2.24) is 0 Å². The van der Waals surface area contributed by atoms with E-state index in [9.17, 15) is 9.50 Å². The molecule has 1 saturated carbocycles. The van der Waals surface area contributed by atoms with E-state index in [-0.39, 0.29) is 11.9 Å². The quantitative estimate of drug-likeness (QED) is 0.854. The minimum absolute atomic E-state index is 0.0650. The van der Waals surface area contributed by atoms with Crippen LogP contribution in [-0.2, 0) is 10.3 Å². The third-order valence-corrected chi connectivity index (χ3v) is 3.15. The van der Waals surface area contributed by atoms with Gasteiger partial charge < -0.3 is 14.6 Å².